The van der Waals surface area contributed by atoms with Gasteiger partial charge >= 0.3 is 0 Å². The second-order valence-electron chi connectivity index (χ2n) is 6.54. The first-order chi connectivity index (χ1) is 13.5. The second kappa shape index (κ2) is 7.51. The van der Waals surface area contributed by atoms with Crippen LogP contribution in [0.15, 0.2) is 41.8 Å². The van der Waals surface area contributed by atoms with E-state index < -0.39 is 23.7 Å². The quantitative estimate of drug-likeness (QED) is 0.730. The number of benzene rings is 1. The van der Waals surface area contributed by atoms with Gasteiger partial charge in [0.05, 0.1) is 10.6 Å². The number of likely N-dealkylation sites (tertiary alicyclic amines) is 1. The maximum Gasteiger partial charge on any atom is 0.294 e. The molecule has 1 aliphatic rings. The zero-order valence-electron chi connectivity index (χ0n) is 14.9. The number of amides is 2. The molecule has 3 aromatic rings. The van der Waals surface area contributed by atoms with E-state index >= 15 is 0 Å². The minimum Gasteiger partial charge on any atom is -0.368 e. The number of carbonyl (C=O) groups excluding carboxylic acids is 2. The lowest BCUT2D eigenvalue weighted by Crippen LogP contribution is -2.50. The van der Waals surface area contributed by atoms with Gasteiger partial charge in [-0.3, -0.25) is 9.59 Å². The molecule has 1 fully saturated rings. The average molecular weight is 399 g/mol. The SMILES string of the molecule is NC(=O)C1CCCCN1C(=O)c1nc(-c2cccs2)n(-c2cccc(F)c2)n1. The minimum absolute atomic E-state index is 0.0409. The summed E-state index contributed by atoms with van der Waals surface area (Å²) >= 11 is 1.44. The molecule has 28 heavy (non-hydrogen) atoms. The number of piperidine rings is 1. The van der Waals surface area contributed by atoms with Crippen LogP contribution in [0.5, 0.6) is 0 Å². The zero-order valence-corrected chi connectivity index (χ0v) is 15.7. The largest absolute Gasteiger partial charge is 0.368 e. The third-order valence-corrected chi connectivity index (χ3v) is 5.55. The van der Waals surface area contributed by atoms with Crippen molar-refractivity contribution in [2.75, 3.05) is 6.54 Å². The molecule has 0 aliphatic carbocycles. The van der Waals surface area contributed by atoms with E-state index in [1.807, 2.05) is 17.5 Å². The molecule has 0 radical (unpaired) electrons. The Morgan fingerprint density at radius 3 is 2.79 bits per heavy atom. The fraction of sp³-hybridized carbons (Fsp3) is 0.263. The Morgan fingerprint density at radius 1 is 1.21 bits per heavy atom. The van der Waals surface area contributed by atoms with Gasteiger partial charge in [0, 0.05) is 6.54 Å². The molecule has 1 saturated heterocycles. The summed E-state index contributed by atoms with van der Waals surface area (Å²) in [5.41, 5.74) is 5.93. The first-order valence-electron chi connectivity index (χ1n) is 8.92. The number of rotatable bonds is 4. The predicted octanol–water partition coefficient (Wildman–Crippen LogP) is 2.61. The molecule has 4 rings (SSSR count). The Kier molecular flexibility index (Phi) is 4.91. The van der Waals surface area contributed by atoms with Crippen LogP contribution < -0.4 is 5.73 Å². The van der Waals surface area contributed by atoms with E-state index in [4.69, 9.17) is 5.73 Å². The van der Waals surface area contributed by atoms with Crippen molar-refractivity contribution in [1.29, 1.82) is 0 Å². The molecule has 1 unspecified atom stereocenters. The van der Waals surface area contributed by atoms with E-state index in [0.29, 0.717) is 24.5 Å². The van der Waals surface area contributed by atoms with Crippen molar-refractivity contribution in [3.63, 3.8) is 0 Å². The molecule has 2 amide bonds. The topological polar surface area (TPSA) is 94.1 Å². The number of hydrogen-bond acceptors (Lipinski definition) is 5. The van der Waals surface area contributed by atoms with Crippen molar-refractivity contribution < 1.29 is 14.0 Å². The fourth-order valence-corrected chi connectivity index (χ4v) is 4.05. The second-order valence-corrected chi connectivity index (χ2v) is 7.49. The van der Waals surface area contributed by atoms with Crippen molar-refractivity contribution in [3.8, 4) is 16.4 Å². The molecular formula is C19H18FN5O2S. The molecule has 1 aromatic carbocycles. The van der Waals surface area contributed by atoms with Crippen molar-refractivity contribution in [2.24, 2.45) is 5.73 Å². The van der Waals surface area contributed by atoms with Crippen LogP contribution in [-0.4, -0.2) is 44.1 Å². The molecule has 0 spiro atoms. The molecular weight excluding hydrogens is 381 g/mol. The van der Waals surface area contributed by atoms with Gasteiger partial charge < -0.3 is 10.6 Å². The zero-order chi connectivity index (χ0) is 19.7. The number of primary amides is 1. The third-order valence-electron chi connectivity index (χ3n) is 4.68. The predicted molar refractivity (Wildman–Crippen MR) is 102 cm³/mol. The van der Waals surface area contributed by atoms with Crippen LogP contribution in [0, 0.1) is 5.82 Å². The highest BCUT2D eigenvalue weighted by Gasteiger charge is 2.33. The summed E-state index contributed by atoms with van der Waals surface area (Å²) < 4.78 is 15.2. The minimum atomic E-state index is -0.660. The first-order valence-corrected chi connectivity index (χ1v) is 9.80. The van der Waals surface area contributed by atoms with Crippen LogP contribution in [0.2, 0.25) is 0 Å². The Labute approximate surface area is 164 Å². The lowest BCUT2D eigenvalue weighted by Gasteiger charge is -2.32. The van der Waals surface area contributed by atoms with Crippen LogP contribution >= 0.6 is 11.3 Å². The summed E-state index contributed by atoms with van der Waals surface area (Å²) in [7, 11) is 0. The van der Waals surface area contributed by atoms with Crippen LogP contribution in [0.25, 0.3) is 16.4 Å². The monoisotopic (exact) mass is 399 g/mol. The van der Waals surface area contributed by atoms with Gasteiger partial charge in [-0.15, -0.1) is 16.4 Å². The lowest BCUT2D eigenvalue weighted by atomic mass is 10.0. The van der Waals surface area contributed by atoms with E-state index in [1.165, 1.54) is 33.1 Å². The lowest BCUT2D eigenvalue weighted by molar-refractivity contribution is -0.123. The molecule has 0 bridgehead atoms. The van der Waals surface area contributed by atoms with Crippen molar-refractivity contribution in [2.45, 2.75) is 25.3 Å². The van der Waals surface area contributed by atoms with E-state index in [9.17, 15) is 14.0 Å². The van der Waals surface area contributed by atoms with E-state index in [2.05, 4.69) is 10.1 Å². The fourth-order valence-electron chi connectivity index (χ4n) is 3.35. The van der Waals surface area contributed by atoms with Gasteiger partial charge in [0.15, 0.2) is 5.82 Å². The van der Waals surface area contributed by atoms with E-state index in [0.717, 1.165) is 17.7 Å². The number of aromatic nitrogens is 3. The molecule has 0 saturated carbocycles. The highest BCUT2D eigenvalue weighted by molar-refractivity contribution is 7.13. The number of hydrogen-bond donors (Lipinski definition) is 1. The summed E-state index contributed by atoms with van der Waals surface area (Å²) in [5.74, 6) is -0.993. The maximum absolute atomic E-state index is 13.7. The maximum atomic E-state index is 13.7. The number of carbonyl (C=O) groups is 2. The summed E-state index contributed by atoms with van der Waals surface area (Å²) in [6.45, 7) is 0.426. The summed E-state index contributed by atoms with van der Waals surface area (Å²) in [6.07, 6.45) is 2.16. The van der Waals surface area contributed by atoms with Crippen molar-refractivity contribution in [1.82, 2.24) is 19.7 Å². The van der Waals surface area contributed by atoms with Crippen LogP contribution in [0.4, 0.5) is 4.39 Å². The highest BCUT2D eigenvalue weighted by Crippen LogP contribution is 2.27. The molecule has 1 aliphatic heterocycles. The molecule has 2 aromatic heterocycles. The Balaban J connectivity index is 1.77. The van der Waals surface area contributed by atoms with Crippen LogP contribution in [0.1, 0.15) is 29.9 Å². The van der Waals surface area contributed by atoms with E-state index in [1.54, 1.807) is 12.1 Å². The van der Waals surface area contributed by atoms with Gasteiger partial charge in [0.2, 0.25) is 11.7 Å². The van der Waals surface area contributed by atoms with Gasteiger partial charge in [-0.05, 0) is 48.9 Å². The molecule has 7 nitrogen and oxygen atoms in total. The third kappa shape index (κ3) is 3.40. The first kappa shape index (κ1) is 18.3. The number of nitrogens with zero attached hydrogens (tertiary/aromatic N) is 4. The van der Waals surface area contributed by atoms with Gasteiger partial charge in [-0.1, -0.05) is 12.1 Å². The van der Waals surface area contributed by atoms with Crippen molar-refractivity contribution in [3.05, 3.63) is 53.4 Å². The number of halogens is 1. The Hall–Kier alpha value is -3.07. The summed E-state index contributed by atoms with van der Waals surface area (Å²) in [5, 5.41) is 6.23. The van der Waals surface area contributed by atoms with Gasteiger partial charge in [0.25, 0.3) is 5.91 Å². The van der Waals surface area contributed by atoms with Gasteiger partial charge in [-0.2, -0.15) is 0 Å². The van der Waals surface area contributed by atoms with Gasteiger partial charge in [-0.25, -0.2) is 14.1 Å². The van der Waals surface area contributed by atoms with Crippen LogP contribution in [-0.2, 0) is 4.79 Å². The van der Waals surface area contributed by atoms with E-state index in [-0.39, 0.29) is 5.82 Å². The van der Waals surface area contributed by atoms with Crippen LogP contribution in [0.3, 0.4) is 0 Å². The average Bonchev–Trinajstić information content (AvgIpc) is 3.37. The summed E-state index contributed by atoms with van der Waals surface area (Å²) in [4.78, 5) is 31.5. The Bertz CT molecular complexity index is 1020. The smallest absolute Gasteiger partial charge is 0.294 e. The molecule has 9 heteroatoms. The van der Waals surface area contributed by atoms with Crippen molar-refractivity contribution >= 4 is 23.2 Å². The molecule has 3 heterocycles. The Morgan fingerprint density at radius 2 is 2.07 bits per heavy atom. The highest BCUT2D eigenvalue weighted by atomic mass is 32.1. The molecule has 144 valence electrons. The van der Waals surface area contributed by atoms with Gasteiger partial charge in [0.1, 0.15) is 11.9 Å². The standard InChI is InChI=1S/C19H18FN5O2S/c20-12-5-3-6-13(11-12)25-18(15-8-4-10-28-15)22-17(23-25)19(27)24-9-2-1-7-14(24)16(21)26/h3-6,8,10-11,14H,1-2,7,9H2,(H2,21,26). The number of nitrogens with two attached hydrogens (primary N) is 1. The number of thiophene rings is 1. The normalized spacial score (nSPS) is 16.9. The summed E-state index contributed by atoms with van der Waals surface area (Å²) in [6, 6.07) is 8.98. The molecule has 2 N–H and O–H groups in total. The molecule has 1 atom stereocenters.